The van der Waals surface area contributed by atoms with Crippen molar-refractivity contribution < 1.29 is 14.4 Å². The number of amides is 3. The molecule has 6 rings (SSSR count). The van der Waals surface area contributed by atoms with Gasteiger partial charge in [-0.15, -0.1) is 0 Å². The van der Waals surface area contributed by atoms with Crippen molar-refractivity contribution in [2.24, 2.45) is 0 Å². The lowest BCUT2D eigenvalue weighted by Gasteiger charge is -2.48. The van der Waals surface area contributed by atoms with Crippen LogP contribution in [0.25, 0.3) is 10.9 Å². The van der Waals surface area contributed by atoms with Crippen LogP contribution >= 0.6 is 0 Å². The second-order valence-corrected chi connectivity index (χ2v) is 11.7. The van der Waals surface area contributed by atoms with Crippen LogP contribution in [0.2, 0.25) is 0 Å². The number of urea groups is 1. The molecule has 230 valence electrons. The molecule has 9 heteroatoms. The molecular weight excluding hydrogens is 564 g/mol. The van der Waals surface area contributed by atoms with Crippen molar-refractivity contribution in [3.63, 3.8) is 0 Å². The number of pyridine rings is 1. The topological polar surface area (TPSA) is 89.1 Å². The zero-order chi connectivity index (χ0) is 31.3. The summed E-state index contributed by atoms with van der Waals surface area (Å²) >= 11 is 0. The molecule has 0 spiro atoms. The number of benzene rings is 3. The minimum absolute atomic E-state index is 0.0452. The Bertz CT molecular complexity index is 1720. The van der Waals surface area contributed by atoms with E-state index in [9.17, 15) is 14.4 Å². The number of carbonyl (C=O) groups is 2. The molecule has 1 aromatic heterocycles. The van der Waals surface area contributed by atoms with E-state index in [0.29, 0.717) is 44.7 Å². The SMILES string of the molecule is CCCN(C(=O)NCc1ccccc1)N1CC(=O)N2[C@@H](Cc3ccccc3)C(=C=O)N(Cc3c(C)ccc4cccnc34)C[C@@H]21. The maximum atomic E-state index is 13.8. The Kier molecular flexibility index (Phi) is 8.91. The van der Waals surface area contributed by atoms with Gasteiger partial charge in [-0.2, -0.15) is 5.01 Å². The summed E-state index contributed by atoms with van der Waals surface area (Å²) < 4.78 is 0. The third kappa shape index (κ3) is 6.18. The monoisotopic (exact) mass is 602 g/mol. The standard InChI is InChI=1S/C36H38N6O3/c1-3-19-40(36(45)38-21-28-13-8-5-9-14-28)41-24-34(44)42-31(20-27-11-6-4-7-12-27)32(25-43)39(23-33(41)42)22-30-26(2)16-17-29-15-10-18-37-35(29)30/h4-18,31,33H,3,19-24H2,1-2H3,(H,38,45)/t31-,33+/m0/s1. The van der Waals surface area contributed by atoms with Crippen molar-refractivity contribution in [2.45, 2.75) is 52.0 Å². The number of aryl methyl sites for hydroxylation is 1. The molecule has 2 atom stereocenters. The average molecular weight is 603 g/mol. The minimum atomic E-state index is -0.541. The molecule has 0 saturated carbocycles. The van der Waals surface area contributed by atoms with Gasteiger partial charge in [0, 0.05) is 36.8 Å². The van der Waals surface area contributed by atoms with Crippen molar-refractivity contribution in [3.8, 4) is 0 Å². The van der Waals surface area contributed by atoms with Gasteiger partial charge in [-0.1, -0.05) is 85.8 Å². The number of fused-ring (bicyclic) bond motifs is 2. The van der Waals surface area contributed by atoms with Gasteiger partial charge >= 0.3 is 6.03 Å². The summed E-state index contributed by atoms with van der Waals surface area (Å²) in [6.07, 6.45) is 2.50. The van der Waals surface area contributed by atoms with Crippen molar-refractivity contribution >= 4 is 28.8 Å². The second-order valence-electron chi connectivity index (χ2n) is 11.7. The normalized spacial score (nSPS) is 18.2. The molecule has 0 unspecified atom stereocenters. The average Bonchev–Trinajstić information content (AvgIpc) is 3.40. The smallest absolute Gasteiger partial charge is 0.332 e. The van der Waals surface area contributed by atoms with E-state index in [1.165, 1.54) is 0 Å². The van der Waals surface area contributed by atoms with Crippen LogP contribution < -0.4 is 5.32 Å². The summed E-state index contributed by atoms with van der Waals surface area (Å²) in [6, 6.07) is 26.9. The van der Waals surface area contributed by atoms with E-state index in [2.05, 4.69) is 35.3 Å². The summed E-state index contributed by atoms with van der Waals surface area (Å²) in [4.78, 5) is 48.9. The van der Waals surface area contributed by atoms with Gasteiger partial charge in [0.15, 0.2) is 0 Å². The summed E-state index contributed by atoms with van der Waals surface area (Å²) in [7, 11) is 0. The highest BCUT2D eigenvalue weighted by atomic mass is 16.2. The van der Waals surface area contributed by atoms with E-state index < -0.39 is 12.2 Å². The third-order valence-corrected chi connectivity index (χ3v) is 8.73. The van der Waals surface area contributed by atoms with Crippen LogP contribution in [-0.4, -0.2) is 74.5 Å². The van der Waals surface area contributed by atoms with Gasteiger partial charge in [0.1, 0.15) is 17.8 Å². The first-order valence-electron chi connectivity index (χ1n) is 15.5. The van der Waals surface area contributed by atoms with Crippen molar-refractivity contribution in [3.05, 3.63) is 119 Å². The molecule has 3 aromatic carbocycles. The van der Waals surface area contributed by atoms with Gasteiger partial charge in [0.05, 0.1) is 24.6 Å². The maximum Gasteiger partial charge on any atom is 0.332 e. The Morgan fingerprint density at radius 2 is 1.73 bits per heavy atom. The first-order valence-corrected chi connectivity index (χ1v) is 15.5. The number of rotatable bonds is 9. The molecule has 2 aliphatic rings. The molecule has 0 aliphatic carbocycles. The van der Waals surface area contributed by atoms with Crippen LogP contribution in [0.15, 0.2) is 96.8 Å². The first-order chi connectivity index (χ1) is 22.0. The number of carbonyl (C=O) groups excluding carboxylic acids is 3. The maximum absolute atomic E-state index is 13.8. The second kappa shape index (κ2) is 13.3. The molecule has 0 bridgehead atoms. The minimum Gasteiger partial charge on any atom is -0.356 e. The predicted molar refractivity (Wildman–Crippen MR) is 173 cm³/mol. The highest BCUT2D eigenvalue weighted by Gasteiger charge is 2.51. The first kappa shape index (κ1) is 30.1. The number of hydrogen-bond donors (Lipinski definition) is 1. The van der Waals surface area contributed by atoms with Crippen LogP contribution in [0.5, 0.6) is 0 Å². The summed E-state index contributed by atoms with van der Waals surface area (Å²) in [6.45, 7) is 5.71. The molecule has 0 radical (unpaired) electrons. The molecule has 3 amide bonds. The van der Waals surface area contributed by atoms with E-state index in [0.717, 1.165) is 33.2 Å². The number of piperazine rings is 1. The number of hydrogen-bond acceptors (Lipinski definition) is 6. The molecule has 2 fully saturated rings. The highest BCUT2D eigenvalue weighted by molar-refractivity contribution is 5.84. The Balaban J connectivity index is 1.36. The molecule has 4 aromatic rings. The fraction of sp³-hybridized carbons (Fsp3) is 0.306. The fourth-order valence-corrected chi connectivity index (χ4v) is 6.52. The molecule has 45 heavy (non-hydrogen) atoms. The Labute approximate surface area is 263 Å². The lowest BCUT2D eigenvalue weighted by molar-refractivity contribution is -0.132. The third-order valence-electron chi connectivity index (χ3n) is 8.73. The molecule has 9 nitrogen and oxygen atoms in total. The summed E-state index contributed by atoms with van der Waals surface area (Å²) in [5, 5.41) is 7.62. The van der Waals surface area contributed by atoms with Crippen LogP contribution in [0, 0.1) is 6.92 Å². The van der Waals surface area contributed by atoms with Crippen molar-refractivity contribution in [1.82, 2.24) is 30.1 Å². The molecule has 1 N–H and O–H groups in total. The Morgan fingerprint density at radius 3 is 2.44 bits per heavy atom. The number of aromatic nitrogens is 1. The molecular formula is C36H38N6O3. The Hall–Kier alpha value is -4.98. The summed E-state index contributed by atoms with van der Waals surface area (Å²) in [5.74, 6) is 2.13. The zero-order valence-corrected chi connectivity index (χ0v) is 25.7. The summed E-state index contributed by atoms with van der Waals surface area (Å²) in [5.41, 5.74) is 5.42. The van der Waals surface area contributed by atoms with Gasteiger partial charge in [-0.3, -0.25) is 14.8 Å². The molecule has 3 heterocycles. The molecule has 2 saturated heterocycles. The largest absolute Gasteiger partial charge is 0.356 e. The van der Waals surface area contributed by atoms with Gasteiger partial charge in [0.25, 0.3) is 0 Å². The fourth-order valence-electron chi connectivity index (χ4n) is 6.52. The van der Waals surface area contributed by atoms with Gasteiger partial charge < -0.3 is 15.1 Å². The van der Waals surface area contributed by atoms with Crippen molar-refractivity contribution in [2.75, 3.05) is 19.6 Å². The van der Waals surface area contributed by atoms with Crippen LogP contribution in [0.4, 0.5) is 4.79 Å². The predicted octanol–water partition coefficient (Wildman–Crippen LogP) is 4.69. The molecule has 2 aliphatic heterocycles. The number of nitrogens with one attached hydrogen (secondary N) is 1. The Morgan fingerprint density at radius 1 is 1.00 bits per heavy atom. The van der Waals surface area contributed by atoms with E-state index in [1.807, 2.05) is 89.6 Å². The van der Waals surface area contributed by atoms with Gasteiger partial charge in [0.2, 0.25) is 5.91 Å². The van der Waals surface area contributed by atoms with E-state index in [1.54, 1.807) is 16.1 Å². The number of nitrogens with zero attached hydrogens (tertiary/aromatic N) is 5. The van der Waals surface area contributed by atoms with Crippen LogP contribution in [-0.2, 0) is 29.1 Å². The van der Waals surface area contributed by atoms with Gasteiger partial charge in [-0.25, -0.2) is 9.59 Å². The number of hydrazine groups is 1. The lowest BCUT2D eigenvalue weighted by Crippen LogP contribution is -2.63. The van der Waals surface area contributed by atoms with Gasteiger partial charge in [-0.05, 0) is 42.5 Å². The van der Waals surface area contributed by atoms with Crippen LogP contribution in [0.3, 0.4) is 0 Å². The quantitative estimate of drug-likeness (QED) is 0.280. The highest BCUT2D eigenvalue weighted by Crippen LogP contribution is 2.35. The van der Waals surface area contributed by atoms with E-state index in [4.69, 9.17) is 0 Å². The lowest BCUT2D eigenvalue weighted by atomic mass is 9.97. The van der Waals surface area contributed by atoms with E-state index >= 15 is 0 Å². The van der Waals surface area contributed by atoms with Crippen LogP contribution in [0.1, 0.15) is 35.6 Å². The van der Waals surface area contributed by atoms with E-state index in [-0.39, 0.29) is 18.5 Å². The zero-order valence-electron chi connectivity index (χ0n) is 25.7. The van der Waals surface area contributed by atoms with Crippen molar-refractivity contribution in [1.29, 1.82) is 0 Å².